The lowest BCUT2D eigenvalue weighted by atomic mass is 9.34. The van der Waals surface area contributed by atoms with E-state index in [1.807, 2.05) is 12.4 Å². The highest BCUT2D eigenvalue weighted by Crippen LogP contribution is 2.54. The lowest BCUT2D eigenvalue weighted by Gasteiger charge is -2.44. The molecule has 0 bridgehead atoms. The van der Waals surface area contributed by atoms with Crippen LogP contribution in [-0.2, 0) is 21.7 Å². The van der Waals surface area contributed by atoms with Crippen LogP contribution in [0.1, 0.15) is 105 Å². The van der Waals surface area contributed by atoms with Crippen molar-refractivity contribution in [1.82, 2.24) is 14.4 Å². The Morgan fingerprint density at radius 3 is 1.61 bits per heavy atom. The quantitative estimate of drug-likeness (QED) is 0.163. The highest BCUT2D eigenvalue weighted by molar-refractivity contribution is 7.00. The fourth-order valence-electron chi connectivity index (χ4n) is 10.5. The molecule has 2 aliphatic heterocycles. The Morgan fingerprint density at radius 1 is 0.484 bits per heavy atom. The topological polar surface area (TPSA) is 36.7 Å². The maximum absolute atomic E-state index is 5.42. The van der Waals surface area contributed by atoms with E-state index < -0.39 is 0 Å². The SMILES string of the molecule is CC(C)(C)c1ccc(N2c3ccc(C(C)(C)C)cc3B3c4ncccc4N(c4ccc(C(C)(C)C)cc4)c4c3c2c2c3cc(C(C)(C)C)ccc3n3c5cnccc5c4c23)cc1. The van der Waals surface area contributed by atoms with E-state index in [0.717, 1.165) is 28.2 Å². The van der Waals surface area contributed by atoms with Gasteiger partial charge in [-0.25, -0.2) is 0 Å². The molecule has 5 aromatic carbocycles. The van der Waals surface area contributed by atoms with E-state index in [0.29, 0.717) is 0 Å². The first kappa shape index (κ1) is 38.8. The molecule has 62 heavy (non-hydrogen) atoms. The maximum atomic E-state index is 5.42. The van der Waals surface area contributed by atoms with Crippen molar-refractivity contribution in [2.45, 2.75) is 105 Å². The number of aromatic nitrogens is 3. The Bertz CT molecular complexity index is 3270. The third-order valence-electron chi connectivity index (χ3n) is 13.9. The molecule has 0 radical (unpaired) electrons. The third-order valence-corrected chi connectivity index (χ3v) is 13.9. The van der Waals surface area contributed by atoms with Gasteiger partial charge in [0.1, 0.15) is 0 Å². The Labute approximate surface area is 366 Å². The number of nitrogens with zero attached hydrogens (tertiary/aromatic N) is 5. The van der Waals surface area contributed by atoms with Crippen molar-refractivity contribution in [3.8, 4) is 0 Å². The van der Waals surface area contributed by atoms with Gasteiger partial charge >= 0.3 is 0 Å². The summed E-state index contributed by atoms with van der Waals surface area (Å²) in [5.74, 6) is 0. The molecule has 0 atom stereocenters. The smallest absolute Gasteiger partial charge is 0.275 e. The average Bonchev–Trinajstić information content (AvgIpc) is 3.74. The zero-order valence-electron chi connectivity index (χ0n) is 38.4. The van der Waals surface area contributed by atoms with Crippen molar-refractivity contribution < 1.29 is 0 Å². The van der Waals surface area contributed by atoms with Crippen molar-refractivity contribution in [3.05, 3.63) is 144 Å². The standard InChI is InChI=1S/C56H56BN5/c1-53(2,3)33-15-21-37(22-16-33)60-43-26-20-36(56(10,11)12)31-41(43)57-48-50(61(44-14-13-28-59-52(44)57)38-23-17-34(18-24-38)54(4,5)6)46-39-27-29-58-32-45(39)62-42-25-19-35(55(7,8)9)30-40(42)47(49(46)62)51(48)60/h13-32H,1-12H3. The van der Waals surface area contributed by atoms with Crippen LogP contribution in [0, 0.1) is 0 Å². The minimum absolute atomic E-state index is 0.0207. The lowest BCUT2D eigenvalue weighted by Crippen LogP contribution is -2.62. The van der Waals surface area contributed by atoms with Crippen molar-refractivity contribution in [1.29, 1.82) is 0 Å². The first-order valence-corrected chi connectivity index (χ1v) is 22.4. The van der Waals surface area contributed by atoms with Gasteiger partial charge in [-0.05, 0) is 116 Å². The van der Waals surface area contributed by atoms with Gasteiger partial charge < -0.3 is 14.2 Å². The third kappa shape index (κ3) is 5.47. The molecule has 4 aromatic heterocycles. The van der Waals surface area contributed by atoms with Gasteiger partial charge in [-0.2, -0.15) is 0 Å². The fraction of sp³-hybridized carbons (Fsp3) is 0.286. The first-order chi connectivity index (χ1) is 29.3. The molecule has 0 spiro atoms. The minimum atomic E-state index is -0.126. The van der Waals surface area contributed by atoms with E-state index in [1.165, 1.54) is 82.8 Å². The Hall–Kier alpha value is -6.14. The maximum Gasteiger partial charge on any atom is 0.275 e. The van der Waals surface area contributed by atoms with E-state index in [9.17, 15) is 0 Å². The molecule has 6 heteroatoms. The molecule has 5 nitrogen and oxygen atoms in total. The van der Waals surface area contributed by atoms with Crippen LogP contribution in [0.4, 0.5) is 34.1 Å². The average molecular weight is 810 g/mol. The number of fused-ring (bicyclic) bond motifs is 12. The highest BCUT2D eigenvalue weighted by atomic mass is 15.2. The van der Waals surface area contributed by atoms with Crippen molar-refractivity contribution in [2.75, 3.05) is 9.80 Å². The molecule has 308 valence electrons. The molecule has 6 heterocycles. The summed E-state index contributed by atoms with van der Waals surface area (Å²) < 4.78 is 2.51. The number of rotatable bonds is 2. The molecular formula is C56H56BN5. The van der Waals surface area contributed by atoms with Crippen LogP contribution >= 0.6 is 0 Å². The van der Waals surface area contributed by atoms with Gasteiger partial charge in [0.05, 0.1) is 39.8 Å². The molecule has 0 saturated carbocycles. The molecular weight excluding hydrogens is 753 g/mol. The molecule has 11 rings (SSSR count). The monoisotopic (exact) mass is 809 g/mol. The number of benzene rings is 5. The van der Waals surface area contributed by atoms with Gasteiger partial charge in [0.15, 0.2) is 0 Å². The van der Waals surface area contributed by atoms with Gasteiger partial charge in [0, 0.05) is 56.6 Å². The van der Waals surface area contributed by atoms with Crippen LogP contribution < -0.4 is 26.3 Å². The predicted molar refractivity (Wildman–Crippen MR) is 266 cm³/mol. The zero-order valence-corrected chi connectivity index (χ0v) is 38.4. The molecule has 0 saturated heterocycles. The van der Waals surface area contributed by atoms with Crippen LogP contribution in [0.3, 0.4) is 0 Å². The summed E-state index contributed by atoms with van der Waals surface area (Å²) in [6, 6.07) is 39.7. The number of anilines is 6. The van der Waals surface area contributed by atoms with Crippen LogP contribution in [0.15, 0.2) is 122 Å². The Morgan fingerprint density at radius 2 is 1.02 bits per heavy atom. The van der Waals surface area contributed by atoms with Crippen LogP contribution in [-0.4, -0.2) is 21.1 Å². The fourth-order valence-corrected chi connectivity index (χ4v) is 10.5. The summed E-state index contributed by atoms with van der Waals surface area (Å²) in [6.07, 6.45) is 6.04. The molecule has 9 aromatic rings. The minimum Gasteiger partial charge on any atom is -0.311 e. The summed E-state index contributed by atoms with van der Waals surface area (Å²) >= 11 is 0. The molecule has 0 unspecified atom stereocenters. The van der Waals surface area contributed by atoms with E-state index in [4.69, 9.17) is 9.97 Å². The van der Waals surface area contributed by atoms with Gasteiger partial charge in [0.25, 0.3) is 6.71 Å². The summed E-state index contributed by atoms with van der Waals surface area (Å²) in [4.78, 5) is 15.4. The highest BCUT2D eigenvalue weighted by Gasteiger charge is 2.48. The zero-order chi connectivity index (χ0) is 43.4. The summed E-state index contributed by atoms with van der Waals surface area (Å²) in [5.41, 5.74) is 19.4. The van der Waals surface area contributed by atoms with E-state index in [-0.39, 0.29) is 28.4 Å². The second kappa shape index (κ2) is 12.7. The van der Waals surface area contributed by atoms with Crippen molar-refractivity contribution >= 4 is 95.5 Å². The second-order valence-electron chi connectivity index (χ2n) is 22.0. The lowest BCUT2D eigenvalue weighted by molar-refractivity contribution is 0.590. The molecule has 0 amide bonds. The number of hydrogen-bond acceptors (Lipinski definition) is 4. The molecule has 0 fully saturated rings. The van der Waals surface area contributed by atoms with E-state index in [1.54, 1.807) is 0 Å². The van der Waals surface area contributed by atoms with Crippen LogP contribution in [0.2, 0.25) is 0 Å². The second-order valence-corrected chi connectivity index (χ2v) is 22.0. The van der Waals surface area contributed by atoms with Gasteiger partial charge in [-0.15, -0.1) is 0 Å². The van der Waals surface area contributed by atoms with E-state index >= 15 is 0 Å². The predicted octanol–water partition coefficient (Wildman–Crippen LogP) is 12.9. The summed E-state index contributed by atoms with van der Waals surface area (Å²) in [5, 5.41) is 4.99. The Kier molecular flexibility index (Phi) is 7.95. The number of hydrogen-bond donors (Lipinski definition) is 0. The molecule has 0 aliphatic carbocycles. The van der Waals surface area contributed by atoms with E-state index in [2.05, 4.69) is 207 Å². The molecule has 2 aliphatic rings. The molecule has 0 N–H and O–H groups in total. The largest absolute Gasteiger partial charge is 0.311 e. The first-order valence-electron chi connectivity index (χ1n) is 22.4. The summed E-state index contributed by atoms with van der Waals surface area (Å²) in [6.45, 7) is 27.6. The number of pyridine rings is 2. The van der Waals surface area contributed by atoms with Crippen LogP contribution in [0.25, 0.3) is 38.1 Å². The van der Waals surface area contributed by atoms with Crippen LogP contribution in [0.5, 0.6) is 0 Å². The van der Waals surface area contributed by atoms with Gasteiger partial charge in [-0.3, -0.25) is 9.97 Å². The Balaban J connectivity index is 1.39. The summed E-state index contributed by atoms with van der Waals surface area (Å²) in [7, 11) is 0. The van der Waals surface area contributed by atoms with Crippen molar-refractivity contribution in [3.63, 3.8) is 0 Å². The van der Waals surface area contributed by atoms with Gasteiger partial charge in [-0.1, -0.05) is 126 Å². The normalized spacial score (nSPS) is 14.4. The van der Waals surface area contributed by atoms with Gasteiger partial charge in [0.2, 0.25) is 0 Å². The van der Waals surface area contributed by atoms with Crippen molar-refractivity contribution in [2.24, 2.45) is 0 Å².